The Bertz CT molecular complexity index is 719. The van der Waals surface area contributed by atoms with Gasteiger partial charge in [0.1, 0.15) is 5.75 Å². The summed E-state index contributed by atoms with van der Waals surface area (Å²) in [6.45, 7) is 4.62. The predicted molar refractivity (Wildman–Crippen MR) is 91.5 cm³/mol. The van der Waals surface area contributed by atoms with Crippen LogP contribution in [0.15, 0.2) is 42.9 Å². The fraction of sp³-hybridized carbons (Fsp3) is 0.333. The summed E-state index contributed by atoms with van der Waals surface area (Å²) in [6.07, 6.45) is 4.44. The van der Waals surface area contributed by atoms with Crippen LogP contribution in [0.2, 0.25) is 0 Å². The van der Waals surface area contributed by atoms with Crippen LogP contribution in [-0.2, 0) is 4.79 Å². The van der Waals surface area contributed by atoms with Gasteiger partial charge < -0.3 is 14.7 Å². The lowest BCUT2D eigenvalue weighted by Crippen LogP contribution is -2.36. The molecule has 0 saturated heterocycles. The van der Waals surface area contributed by atoms with Crippen LogP contribution >= 0.6 is 0 Å². The molecule has 25 heavy (non-hydrogen) atoms. The standard InChI is InChI=1S/C18H21N3O4/c1-13(2)12-21(9-6-17(22)23)18(24)14-4-3-5-15(10-14)25-16-11-19-7-8-20-16/h3-5,7-8,10-11,13H,6,9,12H2,1-2H3,(H,22,23). The van der Waals surface area contributed by atoms with Crippen LogP contribution < -0.4 is 4.74 Å². The van der Waals surface area contributed by atoms with Crippen LogP contribution in [0.1, 0.15) is 30.6 Å². The maximum Gasteiger partial charge on any atom is 0.305 e. The molecule has 0 aliphatic rings. The summed E-state index contributed by atoms with van der Waals surface area (Å²) in [7, 11) is 0. The molecule has 1 N–H and O–H groups in total. The number of carboxylic acids is 1. The number of carboxylic acid groups (broad SMARTS) is 1. The van der Waals surface area contributed by atoms with Crippen LogP contribution in [0, 0.1) is 5.92 Å². The van der Waals surface area contributed by atoms with Crippen LogP contribution in [0.5, 0.6) is 11.6 Å². The monoisotopic (exact) mass is 343 g/mol. The molecule has 0 atom stereocenters. The van der Waals surface area contributed by atoms with Gasteiger partial charge in [-0.2, -0.15) is 0 Å². The largest absolute Gasteiger partial charge is 0.481 e. The molecule has 2 aromatic rings. The Hall–Kier alpha value is -2.96. The van der Waals surface area contributed by atoms with Crippen molar-refractivity contribution in [1.82, 2.24) is 14.9 Å². The number of hydrogen-bond acceptors (Lipinski definition) is 5. The molecule has 7 nitrogen and oxygen atoms in total. The van der Waals surface area contributed by atoms with Gasteiger partial charge in [-0.1, -0.05) is 19.9 Å². The van der Waals surface area contributed by atoms with Crippen molar-refractivity contribution in [3.8, 4) is 11.6 Å². The zero-order chi connectivity index (χ0) is 18.2. The maximum atomic E-state index is 12.7. The van der Waals surface area contributed by atoms with E-state index in [9.17, 15) is 9.59 Å². The van der Waals surface area contributed by atoms with Crippen molar-refractivity contribution in [2.24, 2.45) is 5.92 Å². The fourth-order valence-electron chi connectivity index (χ4n) is 2.28. The van der Waals surface area contributed by atoms with Crippen molar-refractivity contribution in [2.45, 2.75) is 20.3 Å². The number of ether oxygens (including phenoxy) is 1. The minimum atomic E-state index is -0.929. The highest BCUT2D eigenvalue weighted by Gasteiger charge is 2.18. The van der Waals surface area contributed by atoms with Crippen LogP contribution in [0.4, 0.5) is 0 Å². The Morgan fingerprint density at radius 3 is 2.72 bits per heavy atom. The molecule has 0 spiro atoms. The molecular formula is C18H21N3O4. The van der Waals surface area contributed by atoms with Crippen LogP contribution in [0.25, 0.3) is 0 Å². The maximum absolute atomic E-state index is 12.7. The lowest BCUT2D eigenvalue weighted by molar-refractivity contribution is -0.137. The van der Waals surface area contributed by atoms with Crippen molar-refractivity contribution in [3.63, 3.8) is 0 Å². The van der Waals surface area contributed by atoms with Crippen molar-refractivity contribution < 1.29 is 19.4 Å². The number of carbonyl (C=O) groups is 2. The fourth-order valence-corrected chi connectivity index (χ4v) is 2.28. The van der Waals surface area contributed by atoms with Gasteiger partial charge in [-0.15, -0.1) is 0 Å². The van der Waals surface area contributed by atoms with E-state index in [4.69, 9.17) is 9.84 Å². The van der Waals surface area contributed by atoms with Crippen LogP contribution in [-0.4, -0.2) is 44.9 Å². The number of nitrogens with zero attached hydrogens (tertiary/aromatic N) is 3. The Kier molecular flexibility index (Phi) is 6.45. The van der Waals surface area contributed by atoms with Gasteiger partial charge in [0, 0.05) is 31.0 Å². The summed E-state index contributed by atoms with van der Waals surface area (Å²) < 4.78 is 5.59. The summed E-state index contributed by atoms with van der Waals surface area (Å²) in [5, 5.41) is 8.89. The highest BCUT2D eigenvalue weighted by Crippen LogP contribution is 2.20. The average Bonchev–Trinajstić information content (AvgIpc) is 2.58. The predicted octanol–water partition coefficient (Wildman–Crippen LogP) is 2.84. The second kappa shape index (κ2) is 8.77. The van der Waals surface area contributed by atoms with Gasteiger partial charge in [-0.05, 0) is 24.1 Å². The molecule has 0 saturated carbocycles. The minimum Gasteiger partial charge on any atom is -0.481 e. The second-order valence-electron chi connectivity index (χ2n) is 5.96. The summed E-state index contributed by atoms with van der Waals surface area (Å²) in [6, 6.07) is 6.73. The van der Waals surface area contributed by atoms with Crippen molar-refractivity contribution >= 4 is 11.9 Å². The Labute approximate surface area is 146 Å². The topological polar surface area (TPSA) is 92.6 Å². The molecular weight excluding hydrogens is 322 g/mol. The quantitative estimate of drug-likeness (QED) is 0.792. The Morgan fingerprint density at radius 1 is 1.28 bits per heavy atom. The van der Waals surface area contributed by atoms with Gasteiger partial charge in [-0.3, -0.25) is 14.6 Å². The third-order valence-corrected chi connectivity index (χ3v) is 3.31. The van der Waals surface area contributed by atoms with Crippen molar-refractivity contribution in [1.29, 1.82) is 0 Å². The van der Waals surface area contributed by atoms with Gasteiger partial charge >= 0.3 is 5.97 Å². The molecule has 132 valence electrons. The first kappa shape index (κ1) is 18.4. The van der Waals surface area contributed by atoms with E-state index in [1.54, 1.807) is 35.4 Å². The Morgan fingerprint density at radius 2 is 2.08 bits per heavy atom. The lowest BCUT2D eigenvalue weighted by atomic mass is 10.1. The SMILES string of the molecule is CC(C)CN(CCC(=O)O)C(=O)c1cccc(Oc2cnccn2)c1. The van der Waals surface area contributed by atoms with E-state index in [2.05, 4.69) is 9.97 Å². The van der Waals surface area contributed by atoms with Gasteiger partial charge in [0.15, 0.2) is 0 Å². The van der Waals surface area contributed by atoms with Crippen LogP contribution in [0.3, 0.4) is 0 Å². The molecule has 7 heteroatoms. The highest BCUT2D eigenvalue weighted by molar-refractivity contribution is 5.94. The summed E-state index contributed by atoms with van der Waals surface area (Å²) in [5.74, 6) is -0.122. The number of aromatic nitrogens is 2. The third kappa shape index (κ3) is 5.87. The molecule has 1 aromatic carbocycles. The molecule has 0 aliphatic carbocycles. The average molecular weight is 343 g/mol. The second-order valence-corrected chi connectivity index (χ2v) is 5.96. The molecule has 0 aliphatic heterocycles. The molecule has 2 rings (SSSR count). The van der Waals surface area contributed by atoms with Crippen molar-refractivity contribution in [3.05, 3.63) is 48.4 Å². The number of carbonyl (C=O) groups excluding carboxylic acids is 1. The zero-order valence-corrected chi connectivity index (χ0v) is 14.3. The number of aliphatic carboxylic acids is 1. The number of hydrogen-bond donors (Lipinski definition) is 1. The van der Waals surface area contributed by atoms with Gasteiger partial charge in [0.25, 0.3) is 5.91 Å². The molecule has 1 aromatic heterocycles. The van der Waals surface area contributed by atoms with E-state index in [-0.39, 0.29) is 24.8 Å². The van der Waals surface area contributed by atoms with Gasteiger partial charge in [0.05, 0.1) is 12.6 Å². The van der Waals surface area contributed by atoms with Crippen molar-refractivity contribution in [2.75, 3.05) is 13.1 Å². The summed E-state index contributed by atoms with van der Waals surface area (Å²) in [5.41, 5.74) is 0.437. The summed E-state index contributed by atoms with van der Waals surface area (Å²) in [4.78, 5) is 33.1. The first-order valence-corrected chi connectivity index (χ1v) is 8.00. The third-order valence-electron chi connectivity index (χ3n) is 3.31. The van der Waals surface area contributed by atoms with Gasteiger partial charge in [0.2, 0.25) is 5.88 Å². The van der Waals surface area contributed by atoms with E-state index < -0.39 is 5.97 Å². The minimum absolute atomic E-state index is 0.0890. The number of rotatable bonds is 8. The first-order chi connectivity index (χ1) is 12.0. The van der Waals surface area contributed by atoms with Gasteiger partial charge in [-0.25, -0.2) is 4.98 Å². The molecule has 0 fully saturated rings. The number of amides is 1. The molecule has 0 bridgehead atoms. The van der Waals surface area contributed by atoms with E-state index in [1.807, 2.05) is 13.8 Å². The smallest absolute Gasteiger partial charge is 0.305 e. The highest BCUT2D eigenvalue weighted by atomic mass is 16.5. The van der Waals surface area contributed by atoms with E-state index in [0.717, 1.165) is 0 Å². The first-order valence-electron chi connectivity index (χ1n) is 8.00. The Balaban J connectivity index is 2.15. The zero-order valence-electron chi connectivity index (χ0n) is 14.3. The molecule has 1 amide bonds. The molecule has 0 radical (unpaired) electrons. The molecule has 1 heterocycles. The van der Waals surface area contributed by atoms with E-state index in [0.29, 0.717) is 23.7 Å². The molecule has 0 unspecified atom stereocenters. The lowest BCUT2D eigenvalue weighted by Gasteiger charge is -2.24. The van der Waals surface area contributed by atoms with E-state index in [1.165, 1.54) is 12.4 Å². The van der Waals surface area contributed by atoms with E-state index >= 15 is 0 Å². The number of benzene rings is 1. The summed E-state index contributed by atoms with van der Waals surface area (Å²) >= 11 is 0. The normalized spacial score (nSPS) is 10.5.